The van der Waals surface area contributed by atoms with E-state index in [-0.39, 0.29) is 0 Å². The minimum Gasteiger partial charge on any atom is -0.438 e. The molecule has 0 saturated heterocycles. The van der Waals surface area contributed by atoms with E-state index in [1.807, 2.05) is 0 Å². The number of hydrogen-bond donors (Lipinski definition) is 0. The topological polar surface area (TPSA) is 35.5 Å². The summed E-state index contributed by atoms with van der Waals surface area (Å²) in [5.41, 5.74) is 0. The lowest BCUT2D eigenvalue weighted by molar-refractivity contribution is 0.0447. The second-order valence-corrected chi connectivity index (χ2v) is 4.12. The molecule has 0 N–H and O–H groups in total. The first kappa shape index (κ1) is 11.1. The standard InChI is InChI=1S/C5H7Cl3O3/c1-3(5(6,7)8)11-4(9)10-2/h3H,1-2H3. The lowest BCUT2D eigenvalue weighted by Gasteiger charge is -2.18. The van der Waals surface area contributed by atoms with Gasteiger partial charge in [0.25, 0.3) is 0 Å². The van der Waals surface area contributed by atoms with E-state index in [1.165, 1.54) is 14.0 Å². The molecule has 0 bridgehead atoms. The van der Waals surface area contributed by atoms with E-state index in [9.17, 15) is 4.79 Å². The zero-order valence-electron chi connectivity index (χ0n) is 5.94. The first-order chi connectivity index (χ1) is 4.88. The third kappa shape index (κ3) is 4.56. The maximum absolute atomic E-state index is 10.4. The maximum Gasteiger partial charge on any atom is 0.508 e. The van der Waals surface area contributed by atoms with Crippen LogP contribution in [-0.2, 0) is 9.47 Å². The van der Waals surface area contributed by atoms with Crippen molar-refractivity contribution < 1.29 is 14.3 Å². The van der Waals surface area contributed by atoms with Crippen LogP contribution < -0.4 is 0 Å². The van der Waals surface area contributed by atoms with Gasteiger partial charge >= 0.3 is 6.16 Å². The van der Waals surface area contributed by atoms with Crippen LogP contribution >= 0.6 is 34.8 Å². The van der Waals surface area contributed by atoms with Crippen molar-refractivity contribution in [2.45, 2.75) is 16.8 Å². The molecule has 0 saturated carbocycles. The lowest BCUT2D eigenvalue weighted by atomic mass is 10.5. The maximum atomic E-state index is 10.4. The van der Waals surface area contributed by atoms with E-state index >= 15 is 0 Å². The van der Waals surface area contributed by atoms with Gasteiger partial charge in [0.15, 0.2) is 0 Å². The molecular weight excluding hydrogens is 214 g/mol. The average Bonchev–Trinajstić information content (AvgIpc) is 1.85. The fraction of sp³-hybridized carbons (Fsp3) is 0.800. The van der Waals surface area contributed by atoms with Crippen molar-refractivity contribution in [1.82, 2.24) is 0 Å². The molecule has 0 aliphatic rings. The highest BCUT2D eigenvalue weighted by molar-refractivity contribution is 6.68. The molecule has 0 aliphatic heterocycles. The normalized spacial score (nSPS) is 13.9. The fourth-order valence-electron chi connectivity index (χ4n) is 0.259. The van der Waals surface area contributed by atoms with Crippen LogP contribution in [0.4, 0.5) is 4.79 Å². The summed E-state index contributed by atoms with van der Waals surface area (Å²) in [6, 6.07) is 0. The molecule has 0 spiro atoms. The third-order valence-corrected chi connectivity index (χ3v) is 1.82. The molecule has 3 nitrogen and oxygen atoms in total. The molecule has 0 aliphatic carbocycles. The van der Waals surface area contributed by atoms with E-state index < -0.39 is 16.1 Å². The summed E-state index contributed by atoms with van der Waals surface area (Å²) in [6.45, 7) is 1.45. The number of ether oxygens (including phenoxy) is 2. The van der Waals surface area contributed by atoms with Crippen LogP contribution in [0.2, 0.25) is 0 Å². The highest BCUT2D eigenvalue weighted by atomic mass is 35.6. The molecule has 0 amide bonds. The summed E-state index contributed by atoms with van der Waals surface area (Å²) in [4.78, 5) is 10.4. The van der Waals surface area contributed by atoms with Crippen molar-refractivity contribution in [3.63, 3.8) is 0 Å². The quantitative estimate of drug-likeness (QED) is 0.504. The first-order valence-electron chi connectivity index (χ1n) is 2.69. The molecule has 11 heavy (non-hydrogen) atoms. The van der Waals surface area contributed by atoms with Gasteiger partial charge in [-0.3, -0.25) is 0 Å². The van der Waals surface area contributed by atoms with E-state index in [0.29, 0.717) is 0 Å². The average molecular weight is 221 g/mol. The van der Waals surface area contributed by atoms with Crippen LogP contribution in [-0.4, -0.2) is 23.2 Å². The van der Waals surface area contributed by atoms with Crippen LogP contribution in [0.5, 0.6) is 0 Å². The van der Waals surface area contributed by atoms with Crippen LogP contribution in [0.15, 0.2) is 0 Å². The number of hydrogen-bond acceptors (Lipinski definition) is 3. The predicted octanol–water partition coefficient (Wildman–Crippen LogP) is 2.53. The molecule has 0 aromatic rings. The first-order valence-corrected chi connectivity index (χ1v) is 3.82. The van der Waals surface area contributed by atoms with E-state index in [1.54, 1.807) is 0 Å². The zero-order valence-corrected chi connectivity index (χ0v) is 8.20. The predicted molar refractivity (Wildman–Crippen MR) is 43.2 cm³/mol. The van der Waals surface area contributed by atoms with Gasteiger partial charge < -0.3 is 9.47 Å². The van der Waals surface area contributed by atoms with Gasteiger partial charge in [0.2, 0.25) is 3.79 Å². The molecule has 1 atom stereocenters. The highest BCUT2D eigenvalue weighted by Crippen LogP contribution is 2.31. The third-order valence-electron chi connectivity index (χ3n) is 0.901. The smallest absolute Gasteiger partial charge is 0.438 e. The van der Waals surface area contributed by atoms with Crippen molar-refractivity contribution in [3.05, 3.63) is 0 Å². The summed E-state index contributed by atoms with van der Waals surface area (Å²) in [7, 11) is 1.17. The fourth-order valence-corrected chi connectivity index (χ4v) is 0.393. The number of halogens is 3. The Morgan fingerprint density at radius 3 is 2.18 bits per heavy atom. The number of rotatable bonds is 1. The largest absolute Gasteiger partial charge is 0.508 e. The molecular formula is C5H7Cl3O3. The summed E-state index contributed by atoms with van der Waals surface area (Å²) in [5, 5.41) is 0. The molecule has 0 fully saturated rings. The van der Waals surface area contributed by atoms with Gasteiger partial charge in [0.1, 0.15) is 6.10 Å². The molecule has 66 valence electrons. The highest BCUT2D eigenvalue weighted by Gasteiger charge is 2.32. The van der Waals surface area contributed by atoms with E-state index in [0.717, 1.165) is 0 Å². The Morgan fingerprint density at radius 2 is 1.91 bits per heavy atom. The van der Waals surface area contributed by atoms with E-state index in [4.69, 9.17) is 34.8 Å². The van der Waals surface area contributed by atoms with Crippen molar-refractivity contribution in [3.8, 4) is 0 Å². The zero-order chi connectivity index (χ0) is 9.07. The number of alkyl halides is 3. The summed E-state index contributed by atoms with van der Waals surface area (Å²) in [6.07, 6.45) is -1.70. The minimum atomic E-state index is -1.62. The molecule has 0 heterocycles. The lowest BCUT2D eigenvalue weighted by Crippen LogP contribution is -2.28. The van der Waals surface area contributed by atoms with Crippen molar-refractivity contribution >= 4 is 41.0 Å². The van der Waals surface area contributed by atoms with Gasteiger partial charge in [-0.15, -0.1) is 0 Å². The van der Waals surface area contributed by atoms with Crippen LogP contribution in [0.25, 0.3) is 0 Å². The Kier molecular flexibility index (Phi) is 4.29. The number of methoxy groups -OCH3 is 1. The number of carbonyl (C=O) groups excluding carboxylic acids is 1. The van der Waals surface area contributed by atoms with Gasteiger partial charge in [-0.25, -0.2) is 4.79 Å². The Bertz CT molecular complexity index is 142. The van der Waals surface area contributed by atoms with Gasteiger partial charge in [-0.2, -0.15) is 0 Å². The molecule has 6 heteroatoms. The second kappa shape index (κ2) is 4.24. The van der Waals surface area contributed by atoms with Gasteiger partial charge in [-0.05, 0) is 6.92 Å². The van der Waals surface area contributed by atoms with Crippen LogP contribution in [0, 0.1) is 0 Å². The Morgan fingerprint density at radius 1 is 1.45 bits per heavy atom. The molecule has 0 rings (SSSR count). The summed E-state index contributed by atoms with van der Waals surface area (Å²) < 4.78 is 7.07. The summed E-state index contributed by atoms with van der Waals surface area (Å²) in [5.74, 6) is 0. The Labute approximate surface area is 79.5 Å². The molecule has 0 aromatic heterocycles. The van der Waals surface area contributed by atoms with Gasteiger partial charge in [0.05, 0.1) is 7.11 Å². The SMILES string of the molecule is COC(=O)OC(C)C(Cl)(Cl)Cl. The molecule has 0 radical (unpaired) electrons. The van der Waals surface area contributed by atoms with Gasteiger partial charge in [0, 0.05) is 0 Å². The Hall–Kier alpha value is 0.140. The monoisotopic (exact) mass is 220 g/mol. The molecule has 1 unspecified atom stereocenters. The summed E-state index contributed by atoms with van der Waals surface area (Å²) >= 11 is 16.1. The van der Waals surface area contributed by atoms with Gasteiger partial charge in [-0.1, -0.05) is 34.8 Å². The van der Waals surface area contributed by atoms with Crippen molar-refractivity contribution in [1.29, 1.82) is 0 Å². The van der Waals surface area contributed by atoms with Crippen molar-refractivity contribution in [2.75, 3.05) is 7.11 Å². The van der Waals surface area contributed by atoms with Crippen LogP contribution in [0.1, 0.15) is 6.92 Å². The molecule has 0 aromatic carbocycles. The number of carbonyl (C=O) groups is 1. The van der Waals surface area contributed by atoms with Crippen LogP contribution in [0.3, 0.4) is 0 Å². The van der Waals surface area contributed by atoms with E-state index in [2.05, 4.69) is 9.47 Å². The minimum absolute atomic E-state index is 0.833. The second-order valence-electron chi connectivity index (χ2n) is 1.76. The van der Waals surface area contributed by atoms with Crippen molar-refractivity contribution in [2.24, 2.45) is 0 Å². The Balaban J connectivity index is 3.87.